The molecule has 1 unspecified atom stereocenters. The molecule has 1 fully saturated rings. The largest absolute Gasteiger partial charge is 0.363 e. The van der Waals surface area contributed by atoms with E-state index >= 15 is 0 Å². The first kappa shape index (κ1) is 21.5. The second-order valence-electron chi connectivity index (χ2n) is 6.70. The predicted octanol–water partition coefficient (Wildman–Crippen LogP) is 4.30. The van der Waals surface area contributed by atoms with Gasteiger partial charge < -0.3 is 10.2 Å². The minimum absolute atomic E-state index is 0.0394. The number of nitrogens with one attached hydrogen (secondary N) is 1. The number of benzene rings is 2. The molecule has 0 radical (unpaired) electrons. The van der Waals surface area contributed by atoms with E-state index in [1.807, 2.05) is 9.80 Å². The van der Waals surface area contributed by atoms with Crippen LogP contribution in [0, 0.1) is 15.9 Å². The van der Waals surface area contributed by atoms with Gasteiger partial charge in [0.25, 0.3) is 5.69 Å². The molecule has 10 heteroatoms. The van der Waals surface area contributed by atoms with Crippen LogP contribution < -0.4 is 10.2 Å². The van der Waals surface area contributed by atoms with Crippen LogP contribution in [0.3, 0.4) is 0 Å². The Kier molecular flexibility index (Phi) is 6.71. The maximum Gasteiger partial charge on any atom is 0.294 e. The number of hydrogen-bond donors (Lipinski definition) is 1. The summed E-state index contributed by atoms with van der Waals surface area (Å²) in [6.45, 7) is 3.88. The molecule has 1 amide bonds. The number of rotatable bonds is 5. The van der Waals surface area contributed by atoms with E-state index in [-0.39, 0.29) is 17.3 Å². The predicted molar refractivity (Wildman–Crippen MR) is 114 cm³/mol. The molecule has 1 atom stereocenters. The lowest BCUT2D eigenvalue weighted by Crippen LogP contribution is -2.53. The average Bonchev–Trinajstić information content (AvgIpc) is 2.69. The van der Waals surface area contributed by atoms with E-state index in [0.717, 1.165) is 0 Å². The number of hydrogen-bond acceptors (Lipinski definition) is 5. The summed E-state index contributed by atoms with van der Waals surface area (Å²) in [4.78, 5) is 27.3. The Morgan fingerprint density at radius 3 is 2.55 bits per heavy atom. The lowest BCUT2D eigenvalue weighted by atomic mass is 10.1. The lowest BCUT2D eigenvalue weighted by molar-refractivity contribution is -0.384. The number of carbonyl (C=O) groups is 1. The van der Waals surface area contributed by atoms with Gasteiger partial charge in [-0.3, -0.25) is 19.8 Å². The lowest BCUT2D eigenvalue weighted by Gasteiger charge is -2.38. The molecule has 0 spiro atoms. The summed E-state index contributed by atoms with van der Waals surface area (Å²) >= 11 is 9.06. The summed E-state index contributed by atoms with van der Waals surface area (Å²) in [5, 5.41) is 14.2. The second-order valence-corrected chi connectivity index (χ2v) is 8.05. The molecule has 1 saturated heterocycles. The maximum atomic E-state index is 14.0. The molecular formula is C19H19BrClFN4O3. The Balaban J connectivity index is 1.63. The van der Waals surface area contributed by atoms with Gasteiger partial charge in [0.05, 0.1) is 16.7 Å². The highest BCUT2D eigenvalue weighted by Gasteiger charge is 2.28. The van der Waals surface area contributed by atoms with Crippen LogP contribution in [0.4, 0.5) is 21.5 Å². The Morgan fingerprint density at radius 2 is 1.93 bits per heavy atom. The number of halogens is 3. The van der Waals surface area contributed by atoms with Crippen molar-refractivity contribution < 1.29 is 14.1 Å². The summed E-state index contributed by atoms with van der Waals surface area (Å²) in [6.07, 6.45) is 0. The highest BCUT2D eigenvalue weighted by atomic mass is 79.9. The van der Waals surface area contributed by atoms with Gasteiger partial charge in [-0.05, 0) is 37.3 Å². The first-order valence-electron chi connectivity index (χ1n) is 8.95. The minimum atomic E-state index is -0.514. The van der Waals surface area contributed by atoms with Crippen molar-refractivity contribution in [2.75, 3.05) is 36.4 Å². The van der Waals surface area contributed by atoms with Crippen molar-refractivity contribution in [3.05, 3.63) is 61.8 Å². The van der Waals surface area contributed by atoms with Crippen LogP contribution in [0.5, 0.6) is 0 Å². The second kappa shape index (κ2) is 9.06. The van der Waals surface area contributed by atoms with Crippen LogP contribution in [-0.4, -0.2) is 48.0 Å². The zero-order chi connectivity index (χ0) is 21.1. The normalized spacial score (nSPS) is 15.8. The van der Waals surface area contributed by atoms with Gasteiger partial charge in [0.15, 0.2) is 0 Å². The third kappa shape index (κ3) is 5.04. The fourth-order valence-electron chi connectivity index (χ4n) is 3.25. The van der Waals surface area contributed by atoms with Crippen molar-refractivity contribution in [3.8, 4) is 0 Å². The van der Waals surface area contributed by atoms with Crippen molar-refractivity contribution in [2.45, 2.75) is 13.0 Å². The maximum absolute atomic E-state index is 14.0. The molecule has 0 aromatic heterocycles. The molecule has 1 aliphatic heterocycles. The van der Waals surface area contributed by atoms with E-state index in [1.165, 1.54) is 18.2 Å². The molecule has 2 aromatic rings. The molecule has 0 bridgehead atoms. The number of nitro benzene ring substituents is 1. The first-order valence-corrected chi connectivity index (χ1v) is 10.1. The van der Waals surface area contributed by atoms with Gasteiger partial charge >= 0.3 is 0 Å². The number of amides is 1. The Hall–Kier alpha value is -2.23. The van der Waals surface area contributed by atoms with Crippen LogP contribution in [0.15, 0.2) is 40.9 Å². The zero-order valence-electron chi connectivity index (χ0n) is 15.6. The highest BCUT2D eigenvalue weighted by molar-refractivity contribution is 9.10. The van der Waals surface area contributed by atoms with E-state index in [2.05, 4.69) is 21.2 Å². The van der Waals surface area contributed by atoms with Gasteiger partial charge in [-0.25, -0.2) is 4.39 Å². The SMILES string of the molecule is CC(C(=O)Nc1ccc(Br)cc1F)N1CCN(c2ccc(Cl)cc2[N+](=O)[O-])CC1. The number of carbonyl (C=O) groups excluding carboxylic acids is 1. The minimum Gasteiger partial charge on any atom is -0.363 e. The molecule has 1 N–H and O–H groups in total. The van der Waals surface area contributed by atoms with E-state index < -0.39 is 16.8 Å². The van der Waals surface area contributed by atoms with Gasteiger partial charge in [-0.15, -0.1) is 0 Å². The third-order valence-corrected chi connectivity index (χ3v) is 5.63. The monoisotopic (exact) mass is 484 g/mol. The van der Waals surface area contributed by atoms with E-state index in [9.17, 15) is 19.3 Å². The van der Waals surface area contributed by atoms with Gasteiger partial charge in [0.1, 0.15) is 11.5 Å². The number of piperazine rings is 1. The summed E-state index contributed by atoms with van der Waals surface area (Å²) in [7, 11) is 0. The molecule has 3 rings (SSSR count). The van der Waals surface area contributed by atoms with Crippen molar-refractivity contribution in [2.24, 2.45) is 0 Å². The van der Waals surface area contributed by atoms with E-state index in [4.69, 9.17) is 11.6 Å². The Morgan fingerprint density at radius 1 is 1.24 bits per heavy atom. The van der Waals surface area contributed by atoms with Crippen molar-refractivity contribution >= 4 is 50.5 Å². The van der Waals surface area contributed by atoms with Gasteiger partial charge in [0.2, 0.25) is 5.91 Å². The highest BCUT2D eigenvalue weighted by Crippen LogP contribution is 2.31. The van der Waals surface area contributed by atoms with E-state index in [0.29, 0.717) is 41.4 Å². The molecule has 154 valence electrons. The topological polar surface area (TPSA) is 78.7 Å². The molecular weight excluding hydrogens is 467 g/mol. The Bertz CT molecular complexity index is 938. The van der Waals surface area contributed by atoms with Gasteiger partial charge in [-0.2, -0.15) is 0 Å². The van der Waals surface area contributed by atoms with Crippen LogP contribution in [0.2, 0.25) is 5.02 Å². The molecule has 0 saturated carbocycles. The third-order valence-electron chi connectivity index (χ3n) is 4.91. The zero-order valence-corrected chi connectivity index (χ0v) is 17.9. The van der Waals surface area contributed by atoms with E-state index in [1.54, 1.807) is 25.1 Å². The quantitative estimate of drug-likeness (QED) is 0.505. The molecule has 7 nitrogen and oxygen atoms in total. The van der Waals surface area contributed by atoms with Gasteiger partial charge in [0, 0.05) is 41.7 Å². The smallest absolute Gasteiger partial charge is 0.294 e. The fraction of sp³-hybridized carbons (Fsp3) is 0.316. The molecule has 29 heavy (non-hydrogen) atoms. The van der Waals surface area contributed by atoms with Crippen LogP contribution in [-0.2, 0) is 4.79 Å². The molecule has 0 aliphatic carbocycles. The van der Waals surface area contributed by atoms with Gasteiger partial charge in [-0.1, -0.05) is 27.5 Å². The summed E-state index contributed by atoms with van der Waals surface area (Å²) < 4.78 is 14.5. The van der Waals surface area contributed by atoms with Crippen LogP contribution in [0.25, 0.3) is 0 Å². The fourth-order valence-corrected chi connectivity index (χ4v) is 3.75. The first-order chi connectivity index (χ1) is 13.8. The number of nitrogens with zero attached hydrogens (tertiary/aromatic N) is 3. The molecule has 1 aliphatic rings. The average molecular weight is 486 g/mol. The summed E-state index contributed by atoms with van der Waals surface area (Å²) in [6, 6.07) is 8.58. The van der Waals surface area contributed by atoms with Crippen molar-refractivity contribution in [3.63, 3.8) is 0 Å². The standard InChI is InChI=1S/C19H19BrClFN4O3/c1-12(19(27)23-16-4-2-13(20)10-15(16)22)24-6-8-25(9-7-24)17-5-3-14(21)11-18(17)26(28)29/h2-5,10-12H,6-9H2,1H3,(H,23,27). The van der Waals surface area contributed by atoms with Crippen LogP contribution in [0.1, 0.15) is 6.92 Å². The summed E-state index contributed by atoms with van der Waals surface area (Å²) in [5.41, 5.74) is 0.594. The molecule has 1 heterocycles. The number of nitro groups is 1. The van der Waals surface area contributed by atoms with Crippen molar-refractivity contribution in [1.82, 2.24) is 4.90 Å². The van der Waals surface area contributed by atoms with Crippen LogP contribution >= 0.6 is 27.5 Å². The van der Waals surface area contributed by atoms with Crippen molar-refractivity contribution in [1.29, 1.82) is 0 Å². The molecule has 2 aromatic carbocycles. The number of anilines is 2. The summed E-state index contributed by atoms with van der Waals surface area (Å²) in [5.74, 6) is -0.822. The Labute approximate surface area is 180 Å².